The first-order valence-electron chi connectivity index (χ1n) is 7.26. The summed E-state index contributed by atoms with van der Waals surface area (Å²) in [6.45, 7) is 2.00. The number of rotatable bonds is 6. The van der Waals surface area contributed by atoms with Crippen LogP contribution in [0.4, 0.5) is 0 Å². The number of benzene rings is 1. The quantitative estimate of drug-likeness (QED) is 0.846. The van der Waals surface area contributed by atoms with Gasteiger partial charge in [0.05, 0.1) is 23.3 Å². The van der Waals surface area contributed by atoms with Crippen LogP contribution in [0.3, 0.4) is 0 Å². The molecule has 0 aliphatic carbocycles. The number of sulfone groups is 1. The molecule has 1 heterocycles. The molecule has 0 spiro atoms. The highest BCUT2D eigenvalue weighted by Crippen LogP contribution is 2.25. The Bertz CT molecular complexity index is 633. The molecular formula is C15H20ClNO3S2. The minimum atomic E-state index is -2.89. The molecule has 1 fully saturated rings. The molecule has 0 unspecified atom stereocenters. The summed E-state index contributed by atoms with van der Waals surface area (Å²) in [6.07, 6.45) is 1.42. The fraction of sp³-hybridized carbons (Fsp3) is 0.533. The van der Waals surface area contributed by atoms with Gasteiger partial charge in [-0.25, -0.2) is 8.42 Å². The van der Waals surface area contributed by atoms with Crippen LogP contribution in [0.15, 0.2) is 24.3 Å². The van der Waals surface area contributed by atoms with Crippen LogP contribution >= 0.6 is 23.4 Å². The number of carbonyl (C=O) groups excluding carboxylic acids is 1. The summed E-state index contributed by atoms with van der Waals surface area (Å²) < 4.78 is 22.8. The summed E-state index contributed by atoms with van der Waals surface area (Å²) in [5.41, 5.74) is 0.983. The maximum atomic E-state index is 12.1. The topological polar surface area (TPSA) is 63.2 Å². The van der Waals surface area contributed by atoms with E-state index < -0.39 is 9.84 Å². The standard InChI is InChI=1S/C15H20ClNO3S2/c1-2-14(11-4-3-5-12(16)8-11)17-15(18)9-21-13-6-7-22(19,20)10-13/h3-5,8,13-14H,2,6-7,9-10H2,1H3,(H,17,18)/t13-,14+/m0/s1. The van der Waals surface area contributed by atoms with E-state index in [1.807, 2.05) is 25.1 Å². The Labute approximate surface area is 140 Å². The van der Waals surface area contributed by atoms with Gasteiger partial charge in [-0.2, -0.15) is 0 Å². The van der Waals surface area contributed by atoms with Crippen LogP contribution in [0, 0.1) is 0 Å². The molecule has 122 valence electrons. The van der Waals surface area contributed by atoms with Crippen molar-refractivity contribution in [2.45, 2.75) is 31.1 Å². The number of carbonyl (C=O) groups is 1. The maximum Gasteiger partial charge on any atom is 0.230 e. The summed E-state index contributed by atoms with van der Waals surface area (Å²) >= 11 is 7.41. The molecule has 0 saturated carbocycles. The number of thioether (sulfide) groups is 1. The highest BCUT2D eigenvalue weighted by atomic mass is 35.5. The van der Waals surface area contributed by atoms with Crippen LogP contribution in [0.2, 0.25) is 5.02 Å². The van der Waals surface area contributed by atoms with Gasteiger partial charge >= 0.3 is 0 Å². The van der Waals surface area contributed by atoms with E-state index in [9.17, 15) is 13.2 Å². The van der Waals surface area contributed by atoms with E-state index >= 15 is 0 Å². The minimum Gasteiger partial charge on any atom is -0.349 e. The molecule has 4 nitrogen and oxygen atoms in total. The predicted molar refractivity (Wildman–Crippen MR) is 92.1 cm³/mol. The first-order valence-corrected chi connectivity index (χ1v) is 10.5. The van der Waals surface area contributed by atoms with E-state index in [2.05, 4.69) is 5.32 Å². The first-order chi connectivity index (χ1) is 10.4. The lowest BCUT2D eigenvalue weighted by atomic mass is 10.0. The summed E-state index contributed by atoms with van der Waals surface area (Å²) in [7, 11) is -2.89. The van der Waals surface area contributed by atoms with Crippen molar-refractivity contribution in [3.63, 3.8) is 0 Å². The van der Waals surface area contributed by atoms with Gasteiger partial charge in [-0.1, -0.05) is 30.7 Å². The van der Waals surface area contributed by atoms with Crippen molar-refractivity contribution in [1.82, 2.24) is 5.32 Å². The van der Waals surface area contributed by atoms with Crippen LogP contribution < -0.4 is 5.32 Å². The van der Waals surface area contributed by atoms with Gasteiger partial charge in [-0.05, 0) is 30.5 Å². The average molecular weight is 362 g/mol. The van der Waals surface area contributed by atoms with E-state index in [-0.39, 0.29) is 34.5 Å². The summed E-state index contributed by atoms with van der Waals surface area (Å²) in [5.74, 6) is 0.654. The molecule has 0 bridgehead atoms. The van der Waals surface area contributed by atoms with Gasteiger partial charge in [0.25, 0.3) is 0 Å². The zero-order chi connectivity index (χ0) is 16.2. The van der Waals surface area contributed by atoms with Crippen molar-refractivity contribution in [3.8, 4) is 0 Å². The Morgan fingerprint density at radius 1 is 1.50 bits per heavy atom. The van der Waals surface area contributed by atoms with Gasteiger partial charge in [0.2, 0.25) is 5.91 Å². The van der Waals surface area contributed by atoms with Crippen molar-refractivity contribution < 1.29 is 13.2 Å². The Hall–Kier alpha value is -0.720. The Morgan fingerprint density at radius 2 is 2.27 bits per heavy atom. The molecule has 1 amide bonds. The molecule has 0 aromatic heterocycles. The highest BCUT2D eigenvalue weighted by molar-refractivity contribution is 8.02. The molecule has 1 aliphatic rings. The number of amides is 1. The van der Waals surface area contributed by atoms with E-state index in [4.69, 9.17) is 11.6 Å². The molecule has 1 aliphatic heterocycles. The highest BCUT2D eigenvalue weighted by Gasteiger charge is 2.28. The maximum absolute atomic E-state index is 12.1. The van der Waals surface area contributed by atoms with E-state index in [0.29, 0.717) is 11.4 Å². The normalized spacial score (nSPS) is 21.5. The molecule has 1 aromatic rings. The molecule has 22 heavy (non-hydrogen) atoms. The van der Waals surface area contributed by atoms with Gasteiger partial charge in [-0.15, -0.1) is 11.8 Å². The van der Waals surface area contributed by atoms with Gasteiger partial charge in [0, 0.05) is 10.3 Å². The SMILES string of the molecule is CC[C@@H](NC(=O)CS[C@H]1CCS(=O)(=O)C1)c1cccc(Cl)c1. The third kappa shape index (κ3) is 5.18. The summed E-state index contributed by atoms with van der Waals surface area (Å²) in [4.78, 5) is 12.1. The van der Waals surface area contributed by atoms with Crippen molar-refractivity contribution in [2.24, 2.45) is 0 Å². The monoisotopic (exact) mass is 361 g/mol. The van der Waals surface area contributed by atoms with Crippen molar-refractivity contribution in [2.75, 3.05) is 17.3 Å². The molecule has 1 N–H and O–H groups in total. The largest absolute Gasteiger partial charge is 0.349 e. The lowest BCUT2D eigenvalue weighted by Crippen LogP contribution is -2.30. The second-order valence-electron chi connectivity index (χ2n) is 5.42. The number of hydrogen-bond donors (Lipinski definition) is 1. The molecule has 2 rings (SSSR count). The third-order valence-corrected chi connectivity index (χ3v) is 7.15. The molecule has 2 atom stereocenters. The molecule has 0 radical (unpaired) electrons. The fourth-order valence-electron chi connectivity index (χ4n) is 2.47. The van der Waals surface area contributed by atoms with Crippen LogP contribution in [0.5, 0.6) is 0 Å². The van der Waals surface area contributed by atoms with E-state index in [0.717, 1.165) is 12.0 Å². The van der Waals surface area contributed by atoms with Gasteiger partial charge in [-0.3, -0.25) is 4.79 Å². The zero-order valence-corrected chi connectivity index (χ0v) is 14.8. The lowest BCUT2D eigenvalue weighted by Gasteiger charge is -2.18. The Morgan fingerprint density at radius 3 is 2.86 bits per heavy atom. The van der Waals surface area contributed by atoms with Crippen molar-refractivity contribution in [3.05, 3.63) is 34.9 Å². The van der Waals surface area contributed by atoms with Crippen LogP contribution in [-0.2, 0) is 14.6 Å². The van der Waals surface area contributed by atoms with Crippen LogP contribution in [0.25, 0.3) is 0 Å². The number of halogens is 1. The van der Waals surface area contributed by atoms with Gasteiger partial charge < -0.3 is 5.32 Å². The first kappa shape index (κ1) is 17.6. The third-order valence-electron chi connectivity index (χ3n) is 3.64. The zero-order valence-electron chi connectivity index (χ0n) is 12.4. The van der Waals surface area contributed by atoms with E-state index in [1.165, 1.54) is 11.8 Å². The average Bonchev–Trinajstić information content (AvgIpc) is 2.82. The molecular weight excluding hydrogens is 342 g/mol. The predicted octanol–water partition coefficient (Wildman–Crippen LogP) is 2.83. The molecule has 1 saturated heterocycles. The fourth-order valence-corrected chi connectivity index (χ4v) is 6.12. The summed E-state index contributed by atoms with van der Waals surface area (Å²) in [5, 5.41) is 3.68. The molecule has 7 heteroatoms. The van der Waals surface area contributed by atoms with Gasteiger partial charge in [0.15, 0.2) is 9.84 Å². The second-order valence-corrected chi connectivity index (χ2v) is 9.37. The summed E-state index contributed by atoms with van der Waals surface area (Å²) in [6, 6.07) is 7.39. The van der Waals surface area contributed by atoms with Crippen LogP contribution in [-0.4, -0.2) is 36.8 Å². The van der Waals surface area contributed by atoms with Crippen LogP contribution in [0.1, 0.15) is 31.4 Å². The lowest BCUT2D eigenvalue weighted by molar-refractivity contribution is -0.119. The smallest absolute Gasteiger partial charge is 0.230 e. The number of hydrogen-bond acceptors (Lipinski definition) is 4. The second kappa shape index (κ2) is 7.70. The Balaban J connectivity index is 1.85. The van der Waals surface area contributed by atoms with Crippen molar-refractivity contribution >= 4 is 39.1 Å². The molecule has 1 aromatic carbocycles. The van der Waals surface area contributed by atoms with Gasteiger partial charge in [0.1, 0.15) is 0 Å². The number of nitrogens with one attached hydrogen (secondary N) is 1. The minimum absolute atomic E-state index is 0.0435. The van der Waals surface area contributed by atoms with Crippen molar-refractivity contribution in [1.29, 1.82) is 0 Å². The van der Waals surface area contributed by atoms with E-state index in [1.54, 1.807) is 6.07 Å². The Kier molecular flexibility index (Phi) is 6.17.